The van der Waals surface area contributed by atoms with Crippen LogP contribution in [0.4, 0.5) is 0 Å². The van der Waals surface area contributed by atoms with Gasteiger partial charge in [0.1, 0.15) is 24.5 Å². The Morgan fingerprint density at radius 1 is 1.25 bits per heavy atom. The van der Waals surface area contributed by atoms with Crippen LogP contribution in [0.25, 0.3) is 11.0 Å². The molecule has 2 heterocycles. The number of hydrogen-bond donors (Lipinski definition) is 1. The van der Waals surface area contributed by atoms with E-state index in [4.69, 9.17) is 0 Å². The van der Waals surface area contributed by atoms with Crippen molar-refractivity contribution in [1.29, 1.82) is 0 Å². The van der Waals surface area contributed by atoms with Crippen molar-refractivity contribution < 1.29 is 4.79 Å². The zero-order valence-electron chi connectivity index (χ0n) is 14.0. The Hall–Kier alpha value is -2.70. The third kappa shape index (κ3) is 3.29. The Morgan fingerprint density at radius 2 is 2.00 bits per heavy atom. The smallest absolute Gasteiger partial charge is 0.242 e. The molecule has 3 aromatic rings. The lowest BCUT2D eigenvalue weighted by atomic mass is 10.2. The monoisotopic (exact) mass is 326 g/mol. The molecular weight excluding hydrogens is 304 g/mol. The van der Waals surface area contributed by atoms with Gasteiger partial charge in [-0.25, -0.2) is 4.98 Å². The Bertz CT molecular complexity index is 808. The van der Waals surface area contributed by atoms with E-state index in [1.165, 1.54) is 0 Å². The normalized spacial score (nSPS) is 12.4. The highest BCUT2D eigenvalue weighted by Crippen LogP contribution is 2.22. The maximum atomic E-state index is 12.6. The van der Waals surface area contributed by atoms with Crippen LogP contribution >= 0.6 is 0 Å². The van der Waals surface area contributed by atoms with Gasteiger partial charge in [0.25, 0.3) is 0 Å². The van der Waals surface area contributed by atoms with Crippen LogP contribution in [-0.2, 0) is 17.8 Å². The van der Waals surface area contributed by atoms with Crippen LogP contribution in [0.5, 0.6) is 0 Å². The molecule has 7 heteroatoms. The number of imidazole rings is 1. The van der Waals surface area contributed by atoms with Crippen LogP contribution in [0.2, 0.25) is 0 Å². The number of aryl methyl sites for hydroxylation is 1. The Morgan fingerprint density at radius 3 is 2.75 bits per heavy atom. The first kappa shape index (κ1) is 16.2. The summed E-state index contributed by atoms with van der Waals surface area (Å²) in [5, 5.41) is 10.5. The van der Waals surface area contributed by atoms with Gasteiger partial charge in [-0.05, 0) is 25.5 Å². The van der Waals surface area contributed by atoms with E-state index in [9.17, 15) is 4.79 Å². The van der Waals surface area contributed by atoms with Crippen molar-refractivity contribution >= 4 is 16.9 Å². The Labute approximate surface area is 140 Å². The van der Waals surface area contributed by atoms with Crippen molar-refractivity contribution in [3.8, 4) is 0 Å². The van der Waals surface area contributed by atoms with E-state index in [1.54, 1.807) is 12.7 Å². The summed E-state index contributed by atoms with van der Waals surface area (Å²) < 4.78 is 3.88. The number of fused-ring (bicyclic) bond motifs is 1. The van der Waals surface area contributed by atoms with E-state index in [-0.39, 0.29) is 11.9 Å². The number of aromatic nitrogens is 5. The summed E-state index contributed by atoms with van der Waals surface area (Å²) in [6.45, 7) is 5.23. The highest BCUT2D eigenvalue weighted by atomic mass is 16.2. The molecule has 0 aliphatic heterocycles. The van der Waals surface area contributed by atoms with Crippen molar-refractivity contribution in [1.82, 2.24) is 29.6 Å². The van der Waals surface area contributed by atoms with Crippen molar-refractivity contribution in [2.45, 2.75) is 39.3 Å². The number of carbonyl (C=O) groups is 1. The van der Waals surface area contributed by atoms with Gasteiger partial charge in [0.2, 0.25) is 5.91 Å². The molecule has 0 aliphatic carbocycles. The molecule has 126 valence electrons. The minimum atomic E-state index is -0.306. The first-order valence-corrected chi connectivity index (χ1v) is 8.26. The van der Waals surface area contributed by atoms with Gasteiger partial charge in [0, 0.05) is 19.5 Å². The lowest BCUT2D eigenvalue weighted by molar-refractivity contribution is -0.123. The van der Waals surface area contributed by atoms with Crippen molar-refractivity contribution in [3.63, 3.8) is 0 Å². The van der Waals surface area contributed by atoms with Crippen LogP contribution in [0.15, 0.2) is 36.9 Å². The predicted molar refractivity (Wildman–Crippen MR) is 91.5 cm³/mol. The van der Waals surface area contributed by atoms with Gasteiger partial charge < -0.3 is 14.5 Å². The zero-order chi connectivity index (χ0) is 16.9. The second kappa shape index (κ2) is 7.25. The van der Waals surface area contributed by atoms with Gasteiger partial charge in [-0.1, -0.05) is 19.1 Å². The van der Waals surface area contributed by atoms with Crippen molar-refractivity contribution in [2.24, 2.45) is 0 Å². The molecule has 0 fully saturated rings. The van der Waals surface area contributed by atoms with E-state index >= 15 is 0 Å². The number of hydrogen-bond acceptors (Lipinski definition) is 4. The van der Waals surface area contributed by atoms with Gasteiger partial charge in [-0.3, -0.25) is 4.79 Å². The maximum Gasteiger partial charge on any atom is 0.242 e. The number of carbonyl (C=O) groups excluding carboxylic acids is 1. The minimum absolute atomic E-state index is 0.0106. The van der Waals surface area contributed by atoms with Crippen LogP contribution in [-0.4, -0.2) is 36.8 Å². The van der Waals surface area contributed by atoms with Gasteiger partial charge in [-0.15, -0.1) is 10.2 Å². The van der Waals surface area contributed by atoms with E-state index < -0.39 is 0 Å². The van der Waals surface area contributed by atoms with Crippen LogP contribution in [0, 0.1) is 0 Å². The molecule has 0 spiro atoms. The van der Waals surface area contributed by atoms with E-state index in [0.29, 0.717) is 13.1 Å². The molecule has 1 N–H and O–H groups in total. The summed E-state index contributed by atoms with van der Waals surface area (Å²) in [5.41, 5.74) is 1.94. The van der Waals surface area contributed by atoms with E-state index in [2.05, 4.69) is 27.4 Å². The number of para-hydroxylation sites is 2. The number of benzene rings is 1. The second-order valence-corrected chi connectivity index (χ2v) is 5.80. The number of amides is 1. The van der Waals surface area contributed by atoms with Crippen molar-refractivity contribution in [3.05, 3.63) is 42.7 Å². The average Bonchev–Trinajstić information content (AvgIpc) is 3.21. The third-order valence-electron chi connectivity index (χ3n) is 4.05. The third-order valence-corrected chi connectivity index (χ3v) is 4.05. The molecule has 24 heavy (non-hydrogen) atoms. The van der Waals surface area contributed by atoms with Crippen LogP contribution in [0.3, 0.4) is 0 Å². The number of rotatable bonds is 7. The summed E-state index contributed by atoms with van der Waals surface area (Å²) in [7, 11) is 0. The molecule has 1 atom stereocenters. The van der Waals surface area contributed by atoms with Crippen LogP contribution in [0.1, 0.15) is 32.1 Å². The molecular formula is C17H22N6O. The number of nitrogens with one attached hydrogen (secondary N) is 1. The van der Waals surface area contributed by atoms with Gasteiger partial charge in [0.15, 0.2) is 0 Å². The first-order valence-electron chi connectivity index (χ1n) is 8.26. The lowest BCUT2D eigenvalue weighted by Crippen LogP contribution is -2.33. The SMILES string of the molecule is CCCc1nc2ccccc2n1[C@H](C)C(=O)NCCn1cnnc1. The summed E-state index contributed by atoms with van der Waals surface area (Å²) in [6, 6.07) is 7.65. The summed E-state index contributed by atoms with van der Waals surface area (Å²) in [5.74, 6) is 0.948. The molecule has 0 bridgehead atoms. The zero-order valence-corrected chi connectivity index (χ0v) is 14.0. The van der Waals surface area contributed by atoms with Gasteiger partial charge >= 0.3 is 0 Å². The van der Waals surface area contributed by atoms with Crippen LogP contribution < -0.4 is 5.32 Å². The standard InChI is InChI=1S/C17H22N6O/c1-3-6-16-21-14-7-4-5-8-15(14)23(16)13(2)17(24)18-9-10-22-11-19-20-12-22/h4-5,7-8,11-13H,3,6,9-10H2,1-2H3,(H,18,24)/t13-/m1/s1. The average molecular weight is 326 g/mol. The molecule has 1 amide bonds. The highest BCUT2D eigenvalue weighted by Gasteiger charge is 2.20. The molecule has 0 aliphatic rings. The summed E-state index contributed by atoms with van der Waals surface area (Å²) in [6.07, 6.45) is 5.12. The molecule has 0 saturated carbocycles. The Balaban J connectivity index is 1.75. The summed E-state index contributed by atoms with van der Waals surface area (Å²) >= 11 is 0. The molecule has 0 radical (unpaired) electrons. The molecule has 0 unspecified atom stereocenters. The fourth-order valence-corrected chi connectivity index (χ4v) is 2.84. The molecule has 1 aromatic carbocycles. The van der Waals surface area contributed by atoms with Crippen molar-refractivity contribution in [2.75, 3.05) is 6.54 Å². The Kier molecular flexibility index (Phi) is 4.88. The molecule has 0 saturated heterocycles. The summed E-state index contributed by atoms with van der Waals surface area (Å²) in [4.78, 5) is 17.3. The quantitative estimate of drug-likeness (QED) is 0.720. The largest absolute Gasteiger partial charge is 0.353 e. The molecule has 7 nitrogen and oxygen atoms in total. The minimum Gasteiger partial charge on any atom is -0.353 e. The fourth-order valence-electron chi connectivity index (χ4n) is 2.84. The first-order chi connectivity index (χ1) is 11.7. The maximum absolute atomic E-state index is 12.6. The topological polar surface area (TPSA) is 77.6 Å². The fraction of sp³-hybridized carbons (Fsp3) is 0.412. The van der Waals surface area contributed by atoms with E-state index in [0.717, 1.165) is 29.7 Å². The van der Waals surface area contributed by atoms with Gasteiger partial charge in [0.05, 0.1) is 11.0 Å². The number of nitrogens with zero attached hydrogens (tertiary/aromatic N) is 5. The molecule has 3 rings (SSSR count). The highest BCUT2D eigenvalue weighted by molar-refractivity contribution is 5.84. The lowest BCUT2D eigenvalue weighted by Gasteiger charge is -2.17. The predicted octanol–water partition coefficient (Wildman–Crippen LogP) is 1.96. The second-order valence-electron chi connectivity index (χ2n) is 5.80. The van der Waals surface area contributed by atoms with Gasteiger partial charge in [-0.2, -0.15) is 0 Å². The molecule has 2 aromatic heterocycles. The van der Waals surface area contributed by atoms with E-state index in [1.807, 2.05) is 40.3 Å².